The van der Waals surface area contributed by atoms with Crippen LogP contribution in [0.25, 0.3) is 21.8 Å². The van der Waals surface area contributed by atoms with Gasteiger partial charge in [-0.05, 0) is 43.2 Å². The number of likely N-dealkylation sites (tertiary alicyclic amines) is 1. The van der Waals surface area contributed by atoms with E-state index >= 15 is 0 Å². The molecule has 33 heavy (non-hydrogen) atoms. The van der Waals surface area contributed by atoms with Crippen LogP contribution in [0.2, 0.25) is 0 Å². The molecule has 7 nitrogen and oxygen atoms in total. The average molecular weight is 443 g/mol. The molecule has 4 aromatic rings. The number of H-pyrrole nitrogens is 1. The van der Waals surface area contributed by atoms with Crippen LogP contribution >= 0.6 is 0 Å². The number of pyridine rings is 1. The number of nitrogens with one attached hydrogen (secondary N) is 2. The largest absolute Gasteiger partial charge is 0.395 e. The SMILES string of the molecule is Cc1ccc2cc(C(=O)N3CC[C@H](c4cc(C(=O)NCCO)c5ccccc5n4)C3)[nH]c2c1. The van der Waals surface area contributed by atoms with Crippen molar-refractivity contribution in [2.75, 3.05) is 26.2 Å². The van der Waals surface area contributed by atoms with E-state index in [1.807, 2.05) is 66.4 Å². The molecule has 1 atom stereocenters. The summed E-state index contributed by atoms with van der Waals surface area (Å²) in [5.74, 6) is -0.203. The fraction of sp³-hybridized carbons (Fsp3) is 0.269. The number of carbonyl (C=O) groups is 2. The molecule has 0 radical (unpaired) electrons. The van der Waals surface area contributed by atoms with Gasteiger partial charge in [-0.25, -0.2) is 0 Å². The number of carbonyl (C=O) groups excluding carboxylic acids is 2. The highest BCUT2D eigenvalue weighted by atomic mass is 16.3. The third kappa shape index (κ3) is 4.07. The van der Waals surface area contributed by atoms with Crippen molar-refractivity contribution in [3.63, 3.8) is 0 Å². The maximum atomic E-state index is 13.2. The third-order valence-electron chi connectivity index (χ3n) is 6.28. The molecule has 0 aliphatic carbocycles. The summed E-state index contributed by atoms with van der Waals surface area (Å²) in [7, 11) is 0. The number of hydrogen-bond acceptors (Lipinski definition) is 4. The van der Waals surface area contributed by atoms with Crippen LogP contribution in [0.4, 0.5) is 0 Å². The number of benzene rings is 2. The Morgan fingerprint density at radius 1 is 1.18 bits per heavy atom. The minimum atomic E-state index is -0.233. The summed E-state index contributed by atoms with van der Waals surface area (Å²) in [6.07, 6.45) is 0.786. The van der Waals surface area contributed by atoms with E-state index < -0.39 is 0 Å². The molecule has 0 saturated carbocycles. The van der Waals surface area contributed by atoms with Crippen LogP contribution in [0.5, 0.6) is 0 Å². The number of hydrogen-bond donors (Lipinski definition) is 3. The molecule has 0 spiro atoms. The van der Waals surface area contributed by atoms with Crippen LogP contribution in [0.1, 0.15) is 44.4 Å². The zero-order valence-corrected chi connectivity index (χ0v) is 18.5. The lowest BCUT2D eigenvalue weighted by Gasteiger charge is -2.16. The van der Waals surface area contributed by atoms with Crippen molar-refractivity contribution >= 4 is 33.6 Å². The van der Waals surface area contributed by atoms with Gasteiger partial charge in [-0.1, -0.05) is 30.3 Å². The van der Waals surface area contributed by atoms with E-state index in [-0.39, 0.29) is 30.9 Å². The van der Waals surface area contributed by atoms with Gasteiger partial charge in [-0.2, -0.15) is 0 Å². The number of rotatable bonds is 5. The zero-order valence-electron chi connectivity index (χ0n) is 18.5. The lowest BCUT2D eigenvalue weighted by Crippen LogP contribution is -2.29. The molecule has 168 valence electrons. The predicted molar refractivity (Wildman–Crippen MR) is 127 cm³/mol. The molecule has 1 aliphatic heterocycles. The fourth-order valence-electron chi connectivity index (χ4n) is 4.57. The lowest BCUT2D eigenvalue weighted by molar-refractivity contribution is 0.0785. The van der Waals surface area contributed by atoms with Crippen molar-refractivity contribution in [3.05, 3.63) is 77.1 Å². The predicted octanol–water partition coefficient (Wildman–Crippen LogP) is 3.38. The molecule has 3 N–H and O–H groups in total. The number of para-hydroxylation sites is 1. The molecule has 5 rings (SSSR count). The Kier molecular flexibility index (Phi) is 5.56. The van der Waals surface area contributed by atoms with Gasteiger partial charge in [0.15, 0.2) is 0 Å². The normalized spacial score (nSPS) is 15.9. The van der Waals surface area contributed by atoms with E-state index in [4.69, 9.17) is 10.1 Å². The molecule has 0 unspecified atom stereocenters. The fourth-order valence-corrected chi connectivity index (χ4v) is 4.57. The van der Waals surface area contributed by atoms with Gasteiger partial charge in [-0.3, -0.25) is 14.6 Å². The molecule has 1 aliphatic rings. The molecule has 2 amide bonds. The summed E-state index contributed by atoms with van der Waals surface area (Å²) in [4.78, 5) is 35.8. The lowest BCUT2D eigenvalue weighted by atomic mass is 9.99. The first kappa shape index (κ1) is 21.2. The standard InChI is InChI=1S/C26H26N4O3/c1-16-6-7-17-13-24(29-22(17)12-16)26(33)30-10-8-18(15-30)23-14-20(25(32)27-9-11-31)19-4-2-3-5-21(19)28-23/h2-7,12-14,18,29,31H,8-11,15H2,1H3,(H,27,32)/t18-/m0/s1. The summed E-state index contributed by atoms with van der Waals surface area (Å²) in [6, 6.07) is 17.4. The van der Waals surface area contributed by atoms with Crippen LogP contribution in [0.15, 0.2) is 54.6 Å². The number of aliphatic hydroxyl groups excluding tert-OH is 1. The number of aliphatic hydroxyl groups is 1. The second-order valence-corrected chi connectivity index (χ2v) is 8.60. The van der Waals surface area contributed by atoms with Crippen molar-refractivity contribution in [1.82, 2.24) is 20.2 Å². The van der Waals surface area contributed by atoms with Crippen LogP contribution in [0, 0.1) is 6.92 Å². The van der Waals surface area contributed by atoms with Gasteiger partial charge in [0.1, 0.15) is 5.69 Å². The van der Waals surface area contributed by atoms with Crippen molar-refractivity contribution < 1.29 is 14.7 Å². The minimum Gasteiger partial charge on any atom is -0.395 e. The molecule has 2 aromatic heterocycles. The van der Waals surface area contributed by atoms with E-state index in [2.05, 4.69) is 10.3 Å². The third-order valence-corrected chi connectivity index (χ3v) is 6.28. The smallest absolute Gasteiger partial charge is 0.270 e. The van der Waals surface area contributed by atoms with Crippen molar-refractivity contribution in [2.45, 2.75) is 19.3 Å². The number of aryl methyl sites for hydroxylation is 1. The second kappa shape index (κ2) is 8.67. The van der Waals surface area contributed by atoms with E-state index in [0.29, 0.717) is 24.3 Å². The minimum absolute atomic E-state index is 0.0203. The Morgan fingerprint density at radius 3 is 2.88 bits per heavy atom. The monoisotopic (exact) mass is 442 g/mol. The molecule has 1 saturated heterocycles. The van der Waals surface area contributed by atoms with Gasteiger partial charge in [0, 0.05) is 47.5 Å². The highest BCUT2D eigenvalue weighted by Gasteiger charge is 2.30. The van der Waals surface area contributed by atoms with Gasteiger partial charge < -0.3 is 20.3 Å². The van der Waals surface area contributed by atoms with E-state index in [9.17, 15) is 9.59 Å². The number of amides is 2. The Labute approximate surface area is 191 Å². The molecule has 3 heterocycles. The first-order valence-corrected chi connectivity index (χ1v) is 11.2. The van der Waals surface area contributed by atoms with Crippen LogP contribution < -0.4 is 5.32 Å². The first-order chi connectivity index (χ1) is 16.0. The van der Waals surface area contributed by atoms with E-state index in [0.717, 1.165) is 39.5 Å². The van der Waals surface area contributed by atoms with Crippen LogP contribution in [0.3, 0.4) is 0 Å². The van der Waals surface area contributed by atoms with Gasteiger partial charge in [-0.15, -0.1) is 0 Å². The van der Waals surface area contributed by atoms with Gasteiger partial charge in [0.05, 0.1) is 17.7 Å². The molecule has 0 bridgehead atoms. The summed E-state index contributed by atoms with van der Waals surface area (Å²) >= 11 is 0. The Hall–Kier alpha value is -3.71. The zero-order chi connectivity index (χ0) is 22.9. The Balaban J connectivity index is 1.40. The Bertz CT molecular complexity index is 1360. The molecule has 2 aromatic carbocycles. The van der Waals surface area contributed by atoms with E-state index in [1.165, 1.54) is 0 Å². The maximum absolute atomic E-state index is 13.2. The second-order valence-electron chi connectivity index (χ2n) is 8.60. The summed E-state index contributed by atoms with van der Waals surface area (Å²) < 4.78 is 0. The molecule has 1 fully saturated rings. The quantitative estimate of drug-likeness (QED) is 0.441. The van der Waals surface area contributed by atoms with Gasteiger partial charge in [0.2, 0.25) is 0 Å². The number of aromatic amines is 1. The van der Waals surface area contributed by atoms with Crippen LogP contribution in [-0.4, -0.2) is 58.0 Å². The summed E-state index contributed by atoms with van der Waals surface area (Å²) in [5, 5.41) is 13.6. The first-order valence-electron chi connectivity index (χ1n) is 11.2. The number of fused-ring (bicyclic) bond motifs is 2. The molecular formula is C26H26N4O3. The highest BCUT2D eigenvalue weighted by Crippen LogP contribution is 2.30. The van der Waals surface area contributed by atoms with Crippen molar-refractivity contribution in [3.8, 4) is 0 Å². The average Bonchev–Trinajstić information content (AvgIpc) is 3.48. The maximum Gasteiger partial charge on any atom is 0.270 e. The van der Waals surface area contributed by atoms with Gasteiger partial charge >= 0.3 is 0 Å². The highest BCUT2D eigenvalue weighted by molar-refractivity contribution is 6.06. The van der Waals surface area contributed by atoms with E-state index in [1.54, 1.807) is 0 Å². The van der Waals surface area contributed by atoms with Crippen molar-refractivity contribution in [2.24, 2.45) is 0 Å². The topological polar surface area (TPSA) is 98.3 Å². The molecule has 7 heteroatoms. The summed E-state index contributed by atoms with van der Waals surface area (Å²) in [6.45, 7) is 3.30. The number of aromatic nitrogens is 2. The van der Waals surface area contributed by atoms with Crippen molar-refractivity contribution in [1.29, 1.82) is 0 Å². The number of nitrogens with zero attached hydrogens (tertiary/aromatic N) is 2. The van der Waals surface area contributed by atoms with Crippen LogP contribution in [-0.2, 0) is 0 Å². The van der Waals surface area contributed by atoms with Gasteiger partial charge in [0.25, 0.3) is 11.8 Å². The summed E-state index contributed by atoms with van der Waals surface area (Å²) in [5.41, 5.74) is 4.80. The Morgan fingerprint density at radius 2 is 2.03 bits per heavy atom. The molecular weight excluding hydrogens is 416 g/mol.